The lowest BCUT2D eigenvalue weighted by Crippen LogP contribution is -2.30. The van der Waals surface area contributed by atoms with Crippen molar-refractivity contribution in [2.75, 3.05) is 13.2 Å². The number of para-hydroxylation sites is 2. The molecule has 1 N–H and O–H groups in total. The van der Waals surface area contributed by atoms with E-state index < -0.39 is 0 Å². The number of amides is 1. The summed E-state index contributed by atoms with van der Waals surface area (Å²) in [6.45, 7) is 1.36. The third kappa shape index (κ3) is 3.64. The summed E-state index contributed by atoms with van der Waals surface area (Å²) in [7, 11) is 0. The molecule has 1 aliphatic rings. The molecule has 1 unspecified atom stereocenters. The van der Waals surface area contributed by atoms with Gasteiger partial charge in [-0.3, -0.25) is 9.78 Å². The van der Waals surface area contributed by atoms with Gasteiger partial charge in [-0.15, -0.1) is 0 Å². The molecule has 2 aromatic rings. The van der Waals surface area contributed by atoms with E-state index in [9.17, 15) is 4.79 Å². The van der Waals surface area contributed by atoms with E-state index in [1.165, 1.54) is 6.08 Å². The highest BCUT2D eigenvalue weighted by Gasteiger charge is 2.15. The van der Waals surface area contributed by atoms with Crippen LogP contribution in [0.15, 0.2) is 36.5 Å². The summed E-state index contributed by atoms with van der Waals surface area (Å²) in [5.74, 6) is -0.138. The normalized spacial score (nSPS) is 18.4. The first-order valence-corrected chi connectivity index (χ1v) is 7.10. The van der Waals surface area contributed by atoms with E-state index in [2.05, 4.69) is 15.3 Å². The predicted molar refractivity (Wildman–Crippen MR) is 80.6 cm³/mol. The summed E-state index contributed by atoms with van der Waals surface area (Å²) in [4.78, 5) is 20.5. The molecule has 0 spiro atoms. The Balaban J connectivity index is 1.59. The lowest BCUT2D eigenvalue weighted by Gasteiger charge is -2.08. The van der Waals surface area contributed by atoms with Crippen LogP contribution in [0, 0.1) is 0 Å². The Morgan fingerprint density at radius 1 is 1.38 bits per heavy atom. The second-order valence-corrected chi connectivity index (χ2v) is 5.00. The molecule has 0 radical (unpaired) electrons. The summed E-state index contributed by atoms with van der Waals surface area (Å²) in [6.07, 6.45) is 7.05. The number of hydrogen-bond donors (Lipinski definition) is 1. The fraction of sp³-hybridized carbons (Fsp3) is 0.312. The molecule has 2 heterocycles. The Morgan fingerprint density at radius 3 is 3.05 bits per heavy atom. The number of carbonyl (C=O) groups excluding carboxylic acids is 1. The SMILES string of the molecule is O=C(C=Cc1cnc2ccccc2n1)NCC1CCCO1. The summed E-state index contributed by atoms with van der Waals surface area (Å²) in [5.41, 5.74) is 2.33. The van der Waals surface area contributed by atoms with Crippen LogP contribution in [-0.4, -0.2) is 35.1 Å². The second kappa shape index (κ2) is 6.45. The van der Waals surface area contributed by atoms with Gasteiger partial charge in [0.1, 0.15) is 0 Å². The number of benzene rings is 1. The van der Waals surface area contributed by atoms with Crippen LogP contribution in [0.4, 0.5) is 0 Å². The molecule has 21 heavy (non-hydrogen) atoms. The lowest BCUT2D eigenvalue weighted by atomic mass is 10.2. The van der Waals surface area contributed by atoms with Crippen LogP contribution < -0.4 is 5.32 Å². The van der Waals surface area contributed by atoms with Crippen LogP contribution in [0.25, 0.3) is 17.1 Å². The molecule has 0 bridgehead atoms. The molecule has 1 fully saturated rings. The van der Waals surface area contributed by atoms with E-state index in [4.69, 9.17) is 4.74 Å². The van der Waals surface area contributed by atoms with Gasteiger partial charge in [-0.05, 0) is 31.1 Å². The van der Waals surface area contributed by atoms with Gasteiger partial charge in [0, 0.05) is 19.2 Å². The van der Waals surface area contributed by atoms with Crippen molar-refractivity contribution in [2.24, 2.45) is 0 Å². The number of hydrogen-bond acceptors (Lipinski definition) is 4. The van der Waals surface area contributed by atoms with E-state index in [-0.39, 0.29) is 12.0 Å². The van der Waals surface area contributed by atoms with Crippen molar-refractivity contribution in [1.29, 1.82) is 0 Å². The van der Waals surface area contributed by atoms with Crippen LogP contribution in [0.3, 0.4) is 0 Å². The Morgan fingerprint density at radius 2 is 2.24 bits per heavy atom. The fourth-order valence-corrected chi connectivity index (χ4v) is 2.29. The molecule has 5 heteroatoms. The highest BCUT2D eigenvalue weighted by atomic mass is 16.5. The molecule has 1 aliphatic heterocycles. The molecule has 1 amide bonds. The summed E-state index contributed by atoms with van der Waals surface area (Å²) < 4.78 is 5.45. The maximum atomic E-state index is 11.7. The van der Waals surface area contributed by atoms with Crippen molar-refractivity contribution in [3.63, 3.8) is 0 Å². The summed E-state index contributed by atoms with van der Waals surface area (Å²) in [5, 5.41) is 2.83. The molecule has 1 atom stereocenters. The number of ether oxygens (including phenoxy) is 1. The summed E-state index contributed by atoms with van der Waals surface area (Å²) >= 11 is 0. The molecule has 5 nitrogen and oxygen atoms in total. The van der Waals surface area contributed by atoms with Gasteiger partial charge >= 0.3 is 0 Å². The van der Waals surface area contributed by atoms with Crippen LogP contribution in [0.2, 0.25) is 0 Å². The number of nitrogens with one attached hydrogen (secondary N) is 1. The molecular weight excluding hydrogens is 266 g/mol. The van der Waals surface area contributed by atoms with Crippen LogP contribution in [-0.2, 0) is 9.53 Å². The minimum Gasteiger partial charge on any atom is -0.376 e. The molecule has 1 saturated heterocycles. The minimum atomic E-state index is -0.138. The van der Waals surface area contributed by atoms with Crippen LogP contribution >= 0.6 is 0 Å². The van der Waals surface area contributed by atoms with E-state index in [0.29, 0.717) is 12.2 Å². The zero-order valence-electron chi connectivity index (χ0n) is 11.7. The van der Waals surface area contributed by atoms with E-state index in [1.54, 1.807) is 12.3 Å². The van der Waals surface area contributed by atoms with E-state index in [0.717, 1.165) is 30.5 Å². The van der Waals surface area contributed by atoms with Crippen molar-refractivity contribution >= 4 is 23.0 Å². The molecular formula is C16H17N3O2. The van der Waals surface area contributed by atoms with Gasteiger partial charge in [0.15, 0.2) is 0 Å². The zero-order valence-corrected chi connectivity index (χ0v) is 11.7. The van der Waals surface area contributed by atoms with Gasteiger partial charge < -0.3 is 10.1 Å². The van der Waals surface area contributed by atoms with Crippen molar-refractivity contribution in [3.8, 4) is 0 Å². The maximum Gasteiger partial charge on any atom is 0.244 e. The van der Waals surface area contributed by atoms with Crippen molar-refractivity contribution in [3.05, 3.63) is 42.2 Å². The standard InChI is InChI=1S/C16H17N3O2/c20-16(18-11-13-4-3-9-21-13)8-7-12-10-17-14-5-1-2-6-15(14)19-12/h1-2,5-8,10,13H,3-4,9,11H2,(H,18,20). The van der Waals surface area contributed by atoms with Gasteiger partial charge in [-0.2, -0.15) is 0 Å². The molecule has 0 aliphatic carbocycles. The van der Waals surface area contributed by atoms with Gasteiger partial charge in [0.25, 0.3) is 0 Å². The van der Waals surface area contributed by atoms with Crippen molar-refractivity contribution < 1.29 is 9.53 Å². The largest absolute Gasteiger partial charge is 0.376 e. The van der Waals surface area contributed by atoms with E-state index >= 15 is 0 Å². The first-order valence-electron chi connectivity index (χ1n) is 7.10. The Kier molecular flexibility index (Phi) is 4.21. The molecule has 108 valence electrons. The monoisotopic (exact) mass is 283 g/mol. The number of nitrogens with zero attached hydrogens (tertiary/aromatic N) is 2. The number of rotatable bonds is 4. The van der Waals surface area contributed by atoms with Crippen molar-refractivity contribution in [2.45, 2.75) is 18.9 Å². The highest BCUT2D eigenvalue weighted by Crippen LogP contribution is 2.11. The smallest absolute Gasteiger partial charge is 0.244 e. The third-order valence-electron chi connectivity index (χ3n) is 3.40. The first-order chi connectivity index (χ1) is 10.3. The van der Waals surface area contributed by atoms with Gasteiger partial charge in [0.05, 0.1) is 29.0 Å². The Hall–Kier alpha value is -2.27. The molecule has 3 rings (SSSR count). The zero-order chi connectivity index (χ0) is 14.5. The Labute approximate surface area is 123 Å². The predicted octanol–water partition coefficient (Wildman–Crippen LogP) is 1.94. The van der Waals surface area contributed by atoms with Gasteiger partial charge in [-0.1, -0.05) is 12.1 Å². The number of fused-ring (bicyclic) bond motifs is 1. The quantitative estimate of drug-likeness (QED) is 0.871. The third-order valence-corrected chi connectivity index (χ3v) is 3.40. The fourth-order valence-electron chi connectivity index (χ4n) is 2.29. The molecule has 0 saturated carbocycles. The molecule has 1 aromatic carbocycles. The van der Waals surface area contributed by atoms with E-state index in [1.807, 2.05) is 24.3 Å². The van der Waals surface area contributed by atoms with Crippen molar-refractivity contribution in [1.82, 2.24) is 15.3 Å². The number of carbonyl (C=O) groups is 1. The van der Waals surface area contributed by atoms with Gasteiger partial charge in [-0.25, -0.2) is 4.98 Å². The van der Waals surface area contributed by atoms with Gasteiger partial charge in [0.2, 0.25) is 5.91 Å². The second-order valence-electron chi connectivity index (χ2n) is 5.00. The Bertz CT molecular complexity index is 663. The first kappa shape index (κ1) is 13.7. The summed E-state index contributed by atoms with van der Waals surface area (Å²) in [6, 6.07) is 7.64. The number of aromatic nitrogens is 2. The maximum absolute atomic E-state index is 11.7. The highest BCUT2D eigenvalue weighted by molar-refractivity contribution is 5.91. The average Bonchev–Trinajstić information content (AvgIpc) is 3.04. The van der Waals surface area contributed by atoms with Crippen LogP contribution in [0.1, 0.15) is 18.5 Å². The molecule has 1 aromatic heterocycles. The average molecular weight is 283 g/mol. The minimum absolute atomic E-state index is 0.138. The lowest BCUT2D eigenvalue weighted by molar-refractivity contribution is -0.116. The topological polar surface area (TPSA) is 64.1 Å². The van der Waals surface area contributed by atoms with Crippen LogP contribution in [0.5, 0.6) is 0 Å².